The first-order valence-corrected chi connectivity index (χ1v) is 8.41. The number of methoxy groups -OCH3 is 1. The van der Waals surface area contributed by atoms with E-state index in [1.807, 2.05) is 6.92 Å². The molecule has 3 N–H and O–H groups in total. The molecular weight excluding hydrogens is 362 g/mol. The number of aromatic carboxylic acids is 1. The molecule has 0 spiro atoms. The predicted octanol–water partition coefficient (Wildman–Crippen LogP) is 2.69. The van der Waals surface area contributed by atoms with Crippen molar-refractivity contribution in [2.45, 2.75) is 13.2 Å². The predicted molar refractivity (Wildman–Crippen MR) is 102 cm³/mol. The molecule has 0 bridgehead atoms. The summed E-state index contributed by atoms with van der Waals surface area (Å²) >= 11 is 0. The second-order valence-corrected chi connectivity index (χ2v) is 6.09. The van der Waals surface area contributed by atoms with Crippen molar-refractivity contribution >= 4 is 17.6 Å². The number of imidazole rings is 1. The van der Waals surface area contributed by atoms with Crippen LogP contribution in [-0.4, -0.2) is 38.8 Å². The number of nitrogens with one attached hydrogen (secondary N) is 1. The molecule has 1 aromatic heterocycles. The van der Waals surface area contributed by atoms with Crippen LogP contribution in [0.15, 0.2) is 54.9 Å². The van der Waals surface area contributed by atoms with Crippen LogP contribution in [0, 0.1) is 6.92 Å². The number of aryl methyl sites for hydroxylation is 1. The van der Waals surface area contributed by atoms with E-state index in [0.29, 0.717) is 11.3 Å². The van der Waals surface area contributed by atoms with E-state index >= 15 is 0 Å². The molecule has 3 aromatic rings. The SMILES string of the molecule is COc1nccn1C(O)c1cc(C)ccc1NC(=O)c1ccccc1C(=O)O. The quantitative estimate of drug-likeness (QED) is 0.605. The molecule has 0 saturated heterocycles. The number of aliphatic hydroxyl groups is 1. The van der Waals surface area contributed by atoms with Crippen molar-refractivity contribution in [2.75, 3.05) is 12.4 Å². The number of amides is 1. The second kappa shape index (κ2) is 7.93. The van der Waals surface area contributed by atoms with E-state index in [2.05, 4.69) is 10.3 Å². The number of carbonyl (C=O) groups excluding carboxylic acids is 1. The fourth-order valence-corrected chi connectivity index (χ4v) is 2.86. The van der Waals surface area contributed by atoms with E-state index in [-0.39, 0.29) is 17.1 Å². The van der Waals surface area contributed by atoms with Crippen molar-refractivity contribution in [3.8, 4) is 6.01 Å². The Morgan fingerprint density at radius 1 is 1.18 bits per heavy atom. The highest BCUT2D eigenvalue weighted by atomic mass is 16.5. The first-order valence-electron chi connectivity index (χ1n) is 8.41. The van der Waals surface area contributed by atoms with Crippen LogP contribution in [0.25, 0.3) is 0 Å². The third-order valence-corrected chi connectivity index (χ3v) is 4.21. The maximum atomic E-state index is 12.7. The molecule has 0 saturated carbocycles. The lowest BCUT2D eigenvalue weighted by atomic mass is 10.0. The Labute approximate surface area is 161 Å². The lowest BCUT2D eigenvalue weighted by Crippen LogP contribution is -2.19. The number of hydrogen-bond acceptors (Lipinski definition) is 5. The molecule has 0 aliphatic rings. The van der Waals surface area contributed by atoms with E-state index in [1.165, 1.54) is 30.0 Å². The Bertz CT molecular complexity index is 1030. The molecule has 144 valence electrons. The number of rotatable bonds is 6. The van der Waals surface area contributed by atoms with E-state index in [0.717, 1.165) is 5.56 Å². The number of aromatic nitrogens is 2. The highest BCUT2D eigenvalue weighted by Gasteiger charge is 2.21. The zero-order chi connectivity index (χ0) is 20.3. The van der Waals surface area contributed by atoms with Crippen LogP contribution in [0.3, 0.4) is 0 Å². The number of carboxylic acids is 1. The van der Waals surface area contributed by atoms with Gasteiger partial charge >= 0.3 is 5.97 Å². The minimum atomic E-state index is -1.20. The van der Waals surface area contributed by atoms with Crippen molar-refractivity contribution in [1.29, 1.82) is 0 Å². The van der Waals surface area contributed by atoms with Gasteiger partial charge in [0.05, 0.1) is 18.2 Å². The van der Waals surface area contributed by atoms with Gasteiger partial charge in [0.15, 0.2) is 6.23 Å². The van der Waals surface area contributed by atoms with Crippen LogP contribution in [0.5, 0.6) is 6.01 Å². The number of carbonyl (C=O) groups is 2. The number of carboxylic acid groups (broad SMARTS) is 1. The van der Waals surface area contributed by atoms with Gasteiger partial charge in [-0.3, -0.25) is 9.36 Å². The average Bonchev–Trinajstić information content (AvgIpc) is 3.17. The number of anilines is 1. The molecule has 1 atom stereocenters. The van der Waals surface area contributed by atoms with Crippen molar-refractivity contribution in [3.05, 3.63) is 77.1 Å². The monoisotopic (exact) mass is 381 g/mol. The van der Waals surface area contributed by atoms with Crippen LogP contribution in [0.4, 0.5) is 5.69 Å². The topological polar surface area (TPSA) is 114 Å². The fourth-order valence-electron chi connectivity index (χ4n) is 2.86. The van der Waals surface area contributed by atoms with Gasteiger partial charge in [0.25, 0.3) is 11.9 Å². The molecule has 0 aliphatic carbocycles. The average molecular weight is 381 g/mol. The van der Waals surface area contributed by atoms with Crippen molar-refractivity contribution in [3.63, 3.8) is 0 Å². The summed E-state index contributed by atoms with van der Waals surface area (Å²) in [6.07, 6.45) is 1.87. The summed E-state index contributed by atoms with van der Waals surface area (Å²) < 4.78 is 6.54. The summed E-state index contributed by atoms with van der Waals surface area (Å²) in [4.78, 5) is 28.1. The highest BCUT2D eigenvalue weighted by Crippen LogP contribution is 2.29. The smallest absolute Gasteiger partial charge is 0.336 e. The van der Waals surface area contributed by atoms with Gasteiger partial charge in [0.1, 0.15) is 0 Å². The minimum absolute atomic E-state index is 0.0243. The zero-order valence-electron chi connectivity index (χ0n) is 15.3. The molecule has 0 radical (unpaired) electrons. The zero-order valence-corrected chi connectivity index (χ0v) is 15.3. The van der Waals surface area contributed by atoms with Crippen LogP contribution < -0.4 is 10.1 Å². The highest BCUT2D eigenvalue weighted by molar-refractivity contribution is 6.10. The first kappa shape index (κ1) is 19.1. The molecule has 28 heavy (non-hydrogen) atoms. The minimum Gasteiger partial charge on any atom is -0.478 e. The Balaban J connectivity index is 1.98. The van der Waals surface area contributed by atoms with Crippen molar-refractivity contribution < 1.29 is 24.5 Å². The third kappa shape index (κ3) is 3.72. The van der Waals surface area contributed by atoms with Gasteiger partial charge in [-0.1, -0.05) is 23.8 Å². The largest absolute Gasteiger partial charge is 0.478 e. The van der Waals surface area contributed by atoms with Gasteiger partial charge in [-0.15, -0.1) is 0 Å². The fraction of sp³-hybridized carbons (Fsp3) is 0.150. The molecule has 1 amide bonds. The Morgan fingerprint density at radius 3 is 2.57 bits per heavy atom. The third-order valence-electron chi connectivity index (χ3n) is 4.21. The molecular formula is C20H19N3O5. The Kier molecular flexibility index (Phi) is 5.42. The van der Waals surface area contributed by atoms with Crippen LogP contribution in [0.1, 0.15) is 38.1 Å². The molecule has 3 rings (SSSR count). The van der Waals surface area contributed by atoms with E-state index < -0.39 is 18.1 Å². The second-order valence-electron chi connectivity index (χ2n) is 6.09. The summed E-state index contributed by atoms with van der Waals surface area (Å²) in [6.45, 7) is 1.85. The van der Waals surface area contributed by atoms with Gasteiger partial charge in [-0.25, -0.2) is 9.78 Å². The number of benzene rings is 2. The van der Waals surface area contributed by atoms with Crippen molar-refractivity contribution in [1.82, 2.24) is 9.55 Å². The normalized spacial score (nSPS) is 11.7. The number of nitrogens with zero attached hydrogens (tertiary/aromatic N) is 2. The van der Waals surface area contributed by atoms with E-state index in [9.17, 15) is 19.8 Å². The standard InChI is InChI=1S/C20H19N3O5/c1-12-7-8-16(15(11-12)18(25)23-10-9-21-20(23)28-2)22-17(24)13-5-3-4-6-14(13)19(26)27/h3-11,18,25H,1-2H3,(H,22,24)(H,26,27). The summed E-state index contributed by atoms with van der Waals surface area (Å²) in [5.74, 6) is -1.79. The molecule has 0 fully saturated rings. The maximum absolute atomic E-state index is 12.7. The number of ether oxygens (including phenoxy) is 1. The van der Waals surface area contributed by atoms with Crippen LogP contribution >= 0.6 is 0 Å². The van der Waals surface area contributed by atoms with Gasteiger partial charge in [-0.2, -0.15) is 0 Å². The first-order chi connectivity index (χ1) is 13.4. The summed E-state index contributed by atoms with van der Waals surface area (Å²) in [6, 6.07) is 11.3. The molecule has 8 heteroatoms. The lowest BCUT2D eigenvalue weighted by molar-refractivity contribution is 0.0692. The van der Waals surface area contributed by atoms with Gasteiger partial charge in [0.2, 0.25) is 0 Å². The summed E-state index contributed by atoms with van der Waals surface area (Å²) in [7, 11) is 1.44. The molecule has 1 unspecified atom stereocenters. The van der Waals surface area contributed by atoms with E-state index in [4.69, 9.17) is 4.74 Å². The van der Waals surface area contributed by atoms with E-state index in [1.54, 1.807) is 36.5 Å². The number of aliphatic hydroxyl groups excluding tert-OH is 1. The summed E-state index contributed by atoms with van der Waals surface area (Å²) in [5, 5.41) is 22.8. The Morgan fingerprint density at radius 2 is 1.89 bits per heavy atom. The van der Waals surface area contributed by atoms with Gasteiger partial charge in [0, 0.05) is 23.6 Å². The number of hydrogen-bond donors (Lipinski definition) is 3. The molecule has 8 nitrogen and oxygen atoms in total. The van der Waals surface area contributed by atoms with Crippen LogP contribution in [0.2, 0.25) is 0 Å². The summed E-state index contributed by atoms with van der Waals surface area (Å²) in [5.41, 5.74) is 1.55. The Hall–Kier alpha value is -3.65. The molecule has 2 aromatic carbocycles. The molecule has 1 heterocycles. The van der Waals surface area contributed by atoms with Gasteiger partial charge in [-0.05, 0) is 31.2 Å². The van der Waals surface area contributed by atoms with Gasteiger partial charge < -0.3 is 20.3 Å². The lowest BCUT2D eigenvalue weighted by Gasteiger charge is -2.19. The van der Waals surface area contributed by atoms with Crippen molar-refractivity contribution in [2.24, 2.45) is 0 Å². The maximum Gasteiger partial charge on any atom is 0.336 e. The van der Waals surface area contributed by atoms with Crippen LogP contribution in [-0.2, 0) is 0 Å². The molecule has 0 aliphatic heterocycles.